The maximum absolute atomic E-state index is 12.8. The Bertz CT molecular complexity index is 1160. The molecule has 0 amide bonds. The number of aryl methyl sites for hydroxylation is 2. The molecule has 1 fully saturated rings. The monoisotopic (exact) mass is 414 g/mol. The summed E-state index contributed by atoms with van der Waals surface area (Å²) < 4.78 is 1.64. The lowest BCUT2D eigenvalue weighted by atomic mass is 10.1. The second-order valence-corrected chi connectivity index (χ2v) is 8.10. The third-order valence-corrected chi connectivity index (χ3v) is 5.87. The molecule has 5 rings (SSSR count). The van der Waals surface area contributed by atoms with Crippen molar-refractivity contribution in [1.82, 2.24) is 14.5 Å². The van der Waals surface area contributed by atoms with Gasteiger partial charge >= 0.3 is 0 Å². The Labute approximate surface area is 181 Å². The zero-order chi connectivity index (χ0) is 21.4. The van der Waals surface area contributed by atoms with E-state index in [1.165, 1.54) is 11.3 Å². The van der Waals surface area contributed by atoms with Gasteiger partial charge in [-0.3, -0.25) is 14.7 Å². The number of nitrogens with one attached hydrogen (secondary N) is 1. The number of para-hydroxylation sites is 1. The molecule has 1 N–H and O–H groups in total. The number of guanidine groups is 1. The van der Waals surface area contributed by atoms with Crippen molar-refractivity contribution in [3.05, 3.63) is 87.8 Å². The maximum Gasteiger partial charge on any atom is 0.257 e. The number of aromatic nitrogens is 2. The highest BCUT2D eigenvalue weighted by molar-refractivity contribution is 5.93. The number of hydrogen-bond donors (Lipinski definition) is 1. The third-order valence-electron chi connectivity index (χ3n) is 5.87. The van der Waals surface area contributed by atoms with Crippen LogP contribution in [-0.2, 0) is 0 Å². The Morgan fingerprint density at radius 1 is 0.903 bits per heavy atom. The molecule has 1 saturated heterocycles. The van der Waals surface area contributed by atoms with Crippen LogP contribution in [0, 0.1) is 13.8 Å². The van der Waals surface area contributed by atoms with Gasteiger partial charge in [0, 0.05) is 43.6 Å². The Balaban J connectivity index is 1.45. The van der Waals surface area contributed by atoms with Gasteiger partial charge in [0.15, 0.2) is 6.17 Å². The maximum atomic E-state index is 12.8. The number of rotatable bonds is 2. The van der Waals surface area contributed by atoms with Crippen LogP contribution in [-0.4, -0.2) is 46.6 Å². The Hall–Kier alpha value is -3.61. The van der Waals surface area contributed by atoms with Gasteiger partial charge in [0.05, 0.1) is 0 Å². The Morgan fingerprint density at radius 3 is 2.29 bits per heavy atom. The fourth-order valence-corrected chi connectivity index (χ4v) is 4.17. The average molecular weight is 415 g/mol. The Morgan fingerprint density at radius 2 is 1.58 bits per heavy atom. The fourth-order valence-electron chi connectivity index (χ4n) is 4.17. The molecule has 31 heavy (non-hydrogen) atoms. The smallest absolute Gasteiger partial charge is 0.257 e. The lowest BCUT2D eigenvalue weighted by molar-refractivity contribution is 0.376. The molecule has 2 aromatic carbocycles. The average Bonchev–Trinajstić information content (AvgIpc) is 2.79. The van der Waals surface area contributed by atoms with Crippen LogP contribution in [0.4, 0.5) is 11.6 Å². The Kier molecular flexibility index (Phi) is 4.94. The van der Waals surface area contributed by atoms with Crippen molar-refractivity contribution in [2.75, 3.05) is 36.4 Å². The van der Waals surface area contributed by atoms with E-state index in [9.17, 15) is 4.79 Å². The first-order chi connectivity index (χ1) is 15.1. The molecule has 1 aromatic heterocycles. The van der Waals surface area contributed by atoms with Crippen molar-refractivity contribution < 1.29 is 0 Å². The number of hydrogen-bond acceptors (Lipinski definition) is 6. The van der Waals surface area contributed by atoms with Crippen molar-refractivity contribution in [2.24, 2.45) is 4.99 Å². The quantitative estimate of drug-likeness (QED) is 0.698. The summed E-state index contributed by atoms with van der Waals surface area (Å²) in [4.78, 5) is 27.0. The van der Waals surface area contributed by atoms with Crippen LogP contribution in [0.5, 0.6) is 0 Å². The first-order valence-corrected chi connectivity index (χ1v) is 10.6. The van der Waals surface area contributed by atoms with Crippen LogP contribution in [0.3, 0.4) is 0 Å². The van der Waals surface area contributed by atoms with Gasteiger partial charge < -0.3 is 9.80 Å². The van der Waals surface area contributed by atoms with Gasteiger partial charge in [-0.1, -0.05) is 48.0 Å². The van der Waals surface area contributed by atoms with E-state index in [0.717, 1.165) is 37.7 Å². The lowest BCUT2D eigenvalue weighted by Crippen LogP contribution is -2.52. The second-order valence-electron chi connectivity index (χ2n) is 8.10. The molecule has 0 unspecified atom stereocenters. The summed E-state index contributed by atoms with van der Waals surface area (Å²) in [6.07, 6.45) is -0.431. The summed E-state index contributed by atoms with van der Waals surface area (Å²) in [5.41, 5.74) is 3.99. The standard InChI is InChI=1S/C24H26N6O/c1-17-8-10-19(11-9-17)22-26-23(27-24-25-18(2)16-21(31)30(22)24)29-14-12-28(13-15-29)20-6-4-3-5-7-20/h3-11,16,22H,12-15H2,1-2H3,(H,25,26,27)/t22-/m0/s1. The topological polar surface area (TPSA) is 65.8 Å². The number of aliphatic imine (C=N–C) groups is 1. The molecule has 1 atom stereocenters. The lowest BCUT2D eigenvalue weighted by Gasteiger charge is -2.39. The molecule has 2 aliphatic heterocycles. The van der Waals surface area contributed by atoms with Crippen LogP contribution in [0.2, 0.25) is 0 Å². The van der Waals surface area contributed by atoms with Crippen LogP contribution >= 0.6 is 0 Å². The summed E-state index contributed by atoms with van der Waals surface area (Å²) in [5.74, 6) is 1.32. The molecule has 158 valence electrons. The predicted molar refractivity (Wildman–Crippen MR) is 124 cm³/mol. The summed E-state index contributed by atoms with van der Waals surface area (Å²) in [7, 11) is 0. The van der Waals surface area contributed by atoms with Gasteiger partial charge in [0.1, 0.15) is 0 Å². The van der Waals surface area contributed by atoms with Gasteiger partial charge in [-0.25, -0.2) is 9.98 Å². The second kappa shape index (κ2) is 7.91. The summed E-state index contributed by atoms with van der Waals surface area (Å²) in [6.45, 7) is 7.41. The molecule has 2 aliphatic rings. The van der Waals surface area contributed by atoms with Crippen molar-refractivity contribution in [3.63, 3.8) is 0 Å². The van der Waals surface area contributed by atoms with E-state index in [1.54, 1.807) is 10.6 Å². The van der Waals surface area contributed by atoms with Crippen LogP contribution < -0.4 is 15.8 Å². The minimum atomic E-state index is -0.431. The zero-order valence-corrected chi connectivity index (χ0v) is 17.8. The number of fused-ring (bicyclic) bond motifs is 1. The van der Waals surface area contributed by atoms with E-state index in [-0.39, 0.29) is 5.56 Å². The number of nitrogens with zero attached hydrogens (tertiary/aromatic N) is 5. The number of benzene rings is 2. The SMILES string of the molecule is Cc1ccc([C@H]2N=C(N3CCN(c4ccccc4)CC3)Nc3nc(C)cc(=O)n32)cc1. The minimum absolute atomic E-state index is 0.0997. The highest BCUT2D eigenvalue weighted by Crippen LogP contribution is 2.27. The molecular formula is C24H26N6O. The van der Waals surface area contributed by atoms with Gasteiger partial charge in [0.25, 0.3) is 5.56 Å². The van der Waals surface area contributed by atoms with Crippen molar-refractivity contribution in [3.8, 4) is 0 Å². The molecule has 7 heteroatoms. The van der Waals surface area contributed by atoms with E-state index in [2.05, 4.69) is 63.4 Å². The molecule has 0 radical (unpaired) electrons. The molecule has 0 bridgehead atoms. The predicted octanol–water partition coefficient (Wildman–Crippen LogP) is 3.01. The van der Waals surface area contributed by atoms with E-state index in [1.807, 2.05) is 25.1 Å². The number of piperazine rings is 1. The summed E-state index contributed by atoms with van der Waals surface area (Å²) in [6, 6.07) is 20.2. The molecule has 0 saturated carbocycles. The molecule has 0 spiro atoms. The molecule has 7 nitrogen and oxygen atoms in total. The number of anilines is 2. The molecular weight excluding hydrogens is 388 g/mol. The van der Waals surface area contributed by atoms with E-state index in [4.69, 9.17) is 4.99 Å². The highest BCUT2D eigenvalue weighted by Gasteiger charge is 2.29. The molecule has 0 aliphatic carbocycles. The fraction of sp³-hybridized carbons (Fsp3) is 0.292. The van der Waals surface area contributed by atoms with E-state index < -0.39 is 6.17 Å². The van der Waals surface area contributed by atoms with Crippen molar-refractivity contribution >= 4 is 17.6 Å². The first kappa shape index (κ1) is 19.4. The van der Waals surface area contributed by atoms with E-state index in [0.29, 0.717) is 11.6 Å². The van der Waals surface area contributed by atoms with Crippen LogP contribution in [0.25, 0.3) is 0 Å². The summed E-state index contributed by atoms with van der Waals surface area (Å²) >= 11 is 0. The van der Waals surface area contributed by atoms with E-state index >= 15 is 0 Å². The van der Waals surface area contributed by atoms with Gasteiger partial charge in [-0.15, -0.1) is 0 Å². The highest BCUT2D eigenvalue weighted by atomic mass is 16.1. The largest absolute Gasteiger partial charge is 0.368 e. The van der Waals surface area contributed by atoms with Crippen LogP contribution in [0.1, 0.15) is 23.0 Å². The van der Waals surface area contributed by atoms with Crippen molar-refractivity contribution in [1.29, 1.82) is 0 Å². The summed E-state index contributed by atoms with van der Waals surface area (Å²) in [5, 5.41) is 3.32. The normalized spacial score (nSPS) is 18.3. The zero-order valence-electron chi connectivity index (χ0n) is 17.8. The van der Waals surface area contributed by atoms with Crippen molar-refractivity contribution in [2.45, 2.75) is 20.0 Å². The molecule has 3 heterocycles. The minimum Gasteiger partial charge on any atom is -0.368 e. The van der Waals surface area contributed by atoms with Gasteiger partial charge in [0.2, 0.25) is 11.9 Å². The van der Waals surface area contributed by atoms with Gasteiger partial charge in [-0.2, -0.15) is 0 Å². The van der Waals surface area contributed by atoms with Gasteiger partial charge in [-0.05, 0) is 31.5 Å². The van der Waals surface area contributed by atoms with Crippen LogP contribution in [0.15, 0.2) is 70.5 Å². The first-order valence-electron chi connectivity index (χ1n) is 10.6. The third kappa shape index (κ3) is 3.79. The molecule has 3 aromatic rings.